The van der Waals surface area contributed by atoms with Gasteiger partial charge in [-0.05, 0) is 25.3 Å². The van der Waals surface area contributed by atoms with Crippen LogP contribution in [-0.2, 0) is 11.2 Å². The Morgan fingerprint density at radius 2 is 2.22 bits per heavy atom. The number of rotatable bonds is 6. The van der Waals surface area contributed by atoms with E-state index in [-0.39, 0.29) is 10.7 Å². The smallest absolute Gasteiger partial charge is 0.230 e. The van der Waals surface area contributed by atoms with Crippen LogP contribution >= 0.6 is 11.8 Å². The van der Waals surface area contributed by atoms with Crippen LogP contribution in [0.4, 0.5) is 0 Å². The summed E-state index contributed by atoms with van der Waals surface area (Å²) in [6, 6.07) is 0. The average molecular weight is 269 g/mol. The molecule has 0 aliphatic heterocycles. The first-order valence-corrected chi connectivity index (χ1v) is 7.26. The first-order valence-electron chi connectivity index (χ1n) is 6.28. The van der Waals surface area contributed by atoms with Crippen LogP contribution in [0.25, 0.3) is 0 Å². The second kappa shape index (κ2) is 6.83. The Morgan fingerprint density at radius 3 is 2.78 bits per heavy atom. The third-order valence-electron chi connectivity index (χ3n) is 2.52. The number of thioether (sulfide) groups is 1. The average Bonchev–Trinajstić information content (AvgIpc) is 2.67. The van der Waals surface area contributed by atoms with Gasteiger partial charge in [-0.15, -0.1) is 11.8 Å². The molecule has 0 atom stereocenters. The number of nitrogens with one attached hydrogen (secondary N) is 2. The van der Waals surface area contributed by atoms with E-state index in [0.29, 0.717) is 5.75 Å². The predicted molar refractivity (Wildman–Crippen MR) is 76.9 cm³/mol. The van der Waals surface area contributed by atoms with Crippen LogP contribution < -0.4 is 5.32 Å². The van der Waals surface area contributed by atoms with Gasteiger partial charge in [-0.1, -0.05) is 20.8 Å². The lowest BCUT2D eigenvalue weighted by Gasteiger charge is -2.16. The highest BCUT2D eigenvalue weighted by atomic mass is 32.2. The second-order valence-electron chi connectivity index (χ2n) is 5.37. The normalized spacial score (nSPS) is 11.6. The molecule has 4 nitrogen and oxygen atoms in total. The second-order valence-corrected chi connectivity index (χ2v) is 7.18. The minimum Gasteiger partial charge on any atom is -0.355 e. The standard InChI is InChI=1S/C13H23N3OS/c1-10-11(8-15-16-10)6-5-7-14-12(17)9-18-13(2,3)4/h8H,5-7,9H2,1-4H3,(H,14,17)(H,15,16). The number of hydrogen-bond donors (Lipinski definition) is 2. The molecule has 1 aromatic rings. The van der Waals surface area contributed by atoms with Gasteiger partial charge in [0.2, 0.25) is 5.91 Å². The van der Waals surface area contributed by atoms with Crippen molar-refractivity contribution in [2.45, 2.75) is 45.3 Å². The highest BCUT2D eigenvalue weighted by Crippen LogP contribution is 2.22. The molecule has 0 radical (unpaired) electrons. The Balaban J connectivity index is 2.11. The van der Waals surface area contributed by atoms with Gasteiger partial charge in [-0.2, -0.15) is 5.10 Å². The summed E-state index contributed by atoms with van der Waals surface area (Å²) in [5.41, 5.74) is 2.35. The van der Waals surface area contributed by atoms with Crippen molar-refractivity contribution in [3.63, 3.8) is 0 Å². The highest BCUT2D eigenvalue weighted by molar-refractivity contribution is 8.01. The number of aryl methyl sites for hydroxylation is 2. The van der Waals surface area contributed by atoms with Crippen LogP contribution in [0.5, 0.6) is 0 Å². The monoisotopic (exact) mass is 269 g/mol. The number of nitrogens with zero attached hydrogens (tertiary/aromatic N) is 1. The maximum absolute atomic E-state index is 11.6. The van der Waals surface area contributed by atoms with E-state index in [1.165, 1.54) is 5.56 Å². The van der Waals surface area contributed by atoms with Crippen molar-refractivity contribution < 1.29 is 4.79 Å². The lowest BCUT2D eigenvalue weighted by Crippen LogP contribution is -2.28. The summed E-state index contributed by atoms with van der Waals surface area (Å²) in [6.45, 7) is 9.10. The van der Waals surface area contributed by atoms with Gasteiger partial charge in [0.1, 0.15) is 0 Å². The number of H-pyrrole nitrogens is 1. The van der Waals surface area contributed by atoms with Crippen molar-refractivity contribution in [3.05, 3.63) is 17.5 Å². The van der Waals surface area contributed by atoms with Gasteiger partial charge in [0.15, 0.2) is 0 Å². The van der Waals surface area contributed by atoms with E-state index in [0.717, 1.165) is 25.1 Å². The molecule has 0 spiro atoms. The van der Waals surface area contributed by atoms with Crippen LogP contribution in [0.1, 0.15) is 38.4 Å². The van der Waals surface area contributed by atoms with Crippen molar-refractivity contribution in [1.82, 2.24) is 15.5 Å². The van der Waals surface area contributed by atoms with Crippen molar-refractivity contribution in [2.75, 3.05) is 12.3 Å². The molecule has 0 unspecified atom stereocenters. The zero-order valence-corrected chi connectivity index (χ0v) is 12.5. The number of carbonyl (C=O) groups excluding carboxylic acids is 1. The SMILES string of the molecule is Cc1[nH]ncc1CCCNC(=O)CSC(C)(C)C. The van der Waals surface area contributed by atoms with Crippen LogP contribution in [0.2, 0.25) is 0 Å². The first kappa shape index (κ1) is 15.1. The molecule has 102 valence electrons. The molecule has 2 N–H and O–H groups in total. The van der Waals surface area contributed by atoms with Crippen LogP contribution in [0.3, 0.4) is 0 Å². The Morgan fingerprint density at radius 1 is 1.50 bits per heavy atom. The molecule has 1 amide bonds. The summed E-state index contributed by atoms with van der Waals surface area (Å²) in [4.78, 5) is 11.6. The Labute approximate surface area is 113 Å². The van der Waals surface area contributed by atoms with Crippen molar-refractivity contribution in [2.24, 2.45) is 0 Å². The quantitative estimate of drug-likeness (QED) is 0.779. The fraction of sp³-hybridized carbons (Fsp3) is 0.692. The zero-order chi connectivity index (χ0) is 13.6. The highest BCUT2D eigenvalue weighted by Gasteiger charge is 2.12. The summed E-state index contributed by atoms with van der Waals surface area (Å²) in [7, 11) is 0. The molecule has 1 heterocycles. The lowest BCUT2D eigenvalue weighted by atomic mass is 10.1. The molecular weight excluding hydrogens is 246 g/mol. The van der Waals surface area contributed by atoms with Crippen LogP contribution in [0, 0.1) is 6.92 Å². The zero-order valence-electron chi connectivity index (χ0n) is 11.7. The summed E-state index contributed by atoms with van der Waals surface area (Å²) in [5, 5.41) is 9.84. The van der Waals surface area contributed by atoms with E-state index in [4.69, 9.17) is 0 Å². The van der Waals surface area contributed by atoms with Gasteiger partial charge >= 0.3 is 0 Å². The largest absolute Gasteiger partial charge is 0.355 e. The number of aromatic nitrogens is 2. The molecule has 0 aliphatic rings. The fourth-order valence-corrected chi connectivity index (χ4v) is 2.13. The molecule has 1 aromatic heterocycles. The van der Waals surface area contributed by atoms with Gasteiger partial charge in [-0.3, -0.25) is 9.89 Å². The fourth-order valence-electron chi connectivity index (χ4n) is 1.47. The molecule has 0 fully saturated rings. The maximum atomic E-state index is 11.6. The molecular formula is C13H23N3OS. The van der Waals surface area contributed by atoms with Gasteiger partial charge in [-0.25, -0.2) is 0 Å². The molecule has 0 aliphatic carbocycles. The first-order chi connectivity index (χ1) is 8.38. The van der Waals surface area contributed by atoms with Gasteiger partial charge in [0.25, 0.3) is 0 Å². The molecule has 0 aromatic carbocycles. The molecule has 0 bridgehead atoms. The summed E-state index contributed by atoms with van der Waals surface area (Å²) < 4.78 is 0.144. The summed E-state index contributed by atoms with van der Waals surface area (Å²) in [5.74, 6) is 0.660. The maximum Gasteiger partial charge on any atom is 0.230 e. The van der Waals surface area contributed by atoms with Crippen molar-refractivity contribution in [3.8, 4) is 0 Å². The Hall–Kier alpha value is -0.970. The van der Waals surface area contributed by atoms with Gasteiger partial charge in [0, 0.05) is 17.0 Å². The molecule has 1 rings (SSSR count). The minimum atomic E-state index is 0.124. The number of hydrogen-bond acceptors (Lipinski definition) is 3. The molecule has 18 heavy (non-hydrogen) atoms. The molecule has 0 saturated carbocycles. The van der Waals surface area contributed by atoms with Gasteiger partial charge in [0.05, 0.1) is 11.9 Å². The minimum absolute atomic E-state index is 0.124. The van der Waals surface area contributed by atoms with E-state index in [9.17, 15) is 4.79 Å². The van der Waals surface area contributed by atoms with E-state index >= 15 is 0 Å². The molecule has 5 heteroatoms. The molecule has 0 saturated heterocycles. The predicted octanol–water partition coefficient (Wildman–Crippen LogP) is 2.30. The number of amides is 1. The third kappa shape index (κ3) is 6.10. The summed E-state index contributed by atoms with van der Waals surface area (Å²) >= 11 is 1.67. The third-order valence-corrected chi connectivity index (χ3v) is 3.79. The van der Waals surface area contributed by atoms with Crippen molar-refractivity contribution in [1.29, 1.82) is 0 Å². The van der Waals surface area contributed by atoms with E-state index in [1.54, 1.807) is 11.8 Å². The topological polar surface area (TPSA) is 57.8 Å². The van der Waals surface area contributed by atoms with Crippen molar-refractivity contribution >= 4 is 17.7 Å². The number of aromatic amines is 1. The number of carbonyl (C=O) groups is 1. The Bertz CT molecular complexity index is 382. The van der Waals surface area contributed by atoms with Crippen LogP contribution in [0.15, 0.2) is 6.20 Å². The van der Waals surface area contributed by atoms with Crippen LogP contribution in [-0.4, -0.2) is 33.1 Å². The van der Waals surface area contributed by atoms with Gasteiger partial charge < -0.3 is 5.32 Å². The Kier molecular flexibility index (Phi) is 5.72. The lowest BCUT2D eigenvalue weighted by molar-refractivity contribution is -0.118. The summed E-state index contributed by atoms with van der Waals surface area (Å²) in [6.07, 6.45) is 3.76. The van der Waals surface area contributed by atoms with E-state index in [1.807, 2.05) is 13.1 Å². The van der Waals surface area contributed by atoms with E-state index < -0.39 is 0 Å². The van der Waals surface area contributed by atoms with E-state index in [2.05, 4.69) is 36.3 Å².